The Morgan fingerprint density at radius 3 is 2.28 bits per heavy atom. The number of rotatable bonds is 5. The van der Waals surface area contributed by atoms with E-state index in [1.54, 1.807) is 0 Å². The maximum absolute atomic E-state index is 11.2. The van der Waals surface area contributed by atoms with Crippen molar-refractivity contribution in [3.05, 3.63) is 42.0 Å². The number of aliphatic hydroxyl groups is 1. The molecule has 1 aliphatic carbocycles. The van der Waals surface area contributed by atoms with E-state index >= 15 is 0 Å². The van der Waals surface area contributed by atoms with Crippen LogP contribution in [0.3, 0.4) is 0 Å². The van der Waals surface area contributed by atoms with Gasteiger partial charge in [-0.2, -0.15) is 0 Å². The van der Waals surface area contributed by atoms with E-state index in [-0.39, 0.29) is 12.8 Å². The van der Waals surface area contributed by atoms with Gasteiger partial charge in [-0.1, -0.05) is 39.0 Å². The molecule has 0 atom stereocenters. The molecule has 5 heteroatoms. The Morgan fingerprint density at radius 1 is 1.03 bits per heavy atom. The van der Waals surface area contributed by atoms with E-state index in [1.165, 1.54) is 29.2 Å². The molecule has 1 saturated carbocycles. The smallest absolute Gasteiger partial charge is 0.335 e. The number of hydrogen-bond acceptors (Lipinski definition) is 4. The molecular weight excluding hydrogens is 402 g/mol. The highest BCUT2D eigenvalue weighted by Gasteiger charge is 2.39. The lowest BCUT2D eigenvalue weighted by molar-refractivity contribution is -0.163. The fourth-order valence-corrected chi connectivity index (χ4v) is 5.24. The molecule has 2 N–H and O–H groups in total. The van der Waals surface area contributed by atoms with Gasteiger partial charge in [-0.3, -0.25) is 4.90 Å². The van der Waals surface area contributed by atoms with E-state index in [1.807, 2.05) is 0 Å². The van der Waals surface area contributed by atoms with Crippen LogP contribution in [0.25, 0.3) is 10.8 Å². The molecule has 174 valence electrons. The maximum atomic E-state index is 11.2. The first-order valence-corrected chi connectivity index (χ1v) is 12.0. The van der Waals surface area contributed by atoms with Crippen molar-refractivity contribution < 1.29 is 19.7 Å². The third kappa shape index (κ3) is 5.26. The van der Waals surface area contributed by atoms with Gasteiger partial charge in [0.1, 0.15) is 5.75 Å². The number of carbonyl (C=O) groups is 1. The second-order valence-corrected chi connectivity index (χ2v) is 10.9. The number of carboxylic acid groups (broad SMARTS) is 1. The third-order valence-electron chi connectivity index (χ3n) is 7.57. The van der Waals surface area contributed by atoms with Gasteiger partial charge in [0.05, 0.1) is 6.10 Å². The predicted octanol–water partition coefficient (Wildman–Crippen LogP) is 5.24. The summed E-state index contributed by atoms with van der Waals surface area (Å²) in [4.78, 5) is 13.4. The number of carboxylic acids is 1. The quantitative estimate of drug-likeness (QED) is 0.667. The van der Waals surface area contributed by atoms with E-state index in [9.17, 15) is 15.0 Å². The Hall–Kier alpha value is -2.11. The van der Waals surface area contributed by atoms with Crippen LogP contribution in [0.2, 0.25) is 0 Å². The number of fused-ring (bicyclic) bond motifs is 1. The zero-order chi connectivity index (χ0) is 22.9. The Morgan fingerprint density at radius 2 is 1.66 bits per heavy atom. The topological polar surface area (TPSA) is 70.0 Å². The van der Waals surface area contributed by atoms with Gasteiger partial charge in [0, 0.05) is 19.6 Å². The largest absolute Gasteiger partial charge is 0.490 e. The molecule has 1 heterocycles. The van der Waals surface area contributed by atoms with Crippen molar-refractivity contribution in [2.24, 2.45) is 11.3 Å². The van der Waals surface area contributed by atoms with Crippen molar-refractivity contribution in [2.75, 3.05) is 13.1 Å². The van der Waals surface area contributed by atoms with Gasteiger partial charge in [-0.25, -0.2) is 4.79 Å². The summed E-state index contributed by atoms with van der Waals surface area (Å²) in [5, 5.41) is 21.7. The van der Waals surface area contributed by atoms with E-state index in [2.05, 4.69) is 62.1 Å². The second-order valence-electron chi connectivity index (χ2n) is 10.9. The van der Waals surface area contributed by atoms with Crippen LogP contribution in [0.5, 0.6) is 5.75 Å². The summed E-state index contributed by atoms with van der Waals surface area (Å²) in [6, 6.07) is 12.8. The predicted molar refractivity (Wildman–Crippen MR) is 127 cm³/mol. The average molecular weight is 440 g/mol. The van der Waals surface area contributed by atoms with Crippen LogP contribution in [-0.2, 0) is 11.3 Å². The first-order chi connectivity index (χ1) is 15.1. The van der Waals surface area contributed by atoms with Crippen LogP contribution in [0.4, 0.5) is 0 Å². The number of benzene rings is 2. The van der Waals surface area contributed by atoms with Gasteiger partial charge >= 0.3 is 5.97 Å². The van der Waals surface area contributed by atoms with Crippen LogP contribution in [0, 0.1) is 11.3 Å². The van der Waals surface area contributed by atoms with Gasteiger partial charge < -0.3 is 14.9 Å². The molecule has 2 aliphatic rings. The van der Waals surface area contributed by atoms with Gasteiger partial charge in [-0.05, 0) is 84.4 Å². The highest BCUT2D eigenvalue weighted by atomic mass is 16.5. The van der Waals surface area contributed by atoms with E-state index in [4.69, 9.17) is 4.74 Å². The minimum atomic E-state index is -1.57. The summed E-state index contributed by atoms with van der Waals surface area (Å²) in [7, 11) is 0. The number of likely N-dealkylation sites (tertiary alicyclic amines) is 1. The number of piperidine rings is 1. The standard InChI is InChI=1S/C27H37NO4/c1-26(2,3)22-7-10-23(11-8-22)32-24-9-6-20-16-19(4-5-21(20)17-24)18-28-14-12-27(31,13-15-28)25(29)30/h4-6,9,16-17,22-23,31H,7-8,10-15,18H2,1-3H3,(H,29,30)/t22-,23-. The van der Waals surface area contributed by atoms with Crippen molar-refractivity contribution >= 4 is 16.7 Å². The van der Waals surface area contributed by atoms with Gasteiger partial charge in [-0.15, -0.1) is 0 Å². The highest BCUT2D eigenvalue weighted by molar-refractivity contribution is 5.84. The van der Waals surface area contributed by atoms with Crippen molar-refractivity contribution in [1.29, 1.82) is 0 Å². The van der Waals surface area contributed by atoms with Crippen LogP contribution < -0.4 is 4.74 Å². The molecular formula is C27H37NO4. The number of ether oxygens (including phenoxy) is 1. The first kappa shape index (κ1) is 23.1. The molecule has 2 aromatic carbocycles. The molecule has 1 aliphatic heterocycles. The third-order valence-corrected chi connectivity index (χ3v) is 7.57. The molecule has 0 amide bonds. The lowest BCUT2D eigenvalue weighted by Crippen LogP contribution is -2.49. The summed E-state index contributed by atoms with van der Waals surface area (Å²) in [6.07, 6.45) is 5.60. The molecule has 0 aromatic heterocycles. The Kier molecular flexibility index (Phi) is 6.51. The zero-order valence-corrected chi connectivity index (χ0v) is 19.6. The normalized spacial score (nSPS) is 24.4. The summed E-state index contributed by atoms with van der Waals surface area (Å²) in [5.74, 6) is 0.631. The maximum Gasteiger partial charge on any atom is 0.335 e. The Labute approximate surface area is 191 Å². The highest BCUT2D eigenvalue weighted by Crippen LogP contribution is 2.39. The molecule has 0 radical (unpaired) electrons. The molecule has 2 fully saturated rings. The van der Waals surface area contributed by atoms with Crippen molar-refractivity contribution in [3.8, 4) is 5.75 Å². The molecule has 5 nitrogen and oxygen atoms in total. The van der Waals surface area contributed by atoms with Crippen molar-refractivity contribution in [1.82, 2.24) is 4.90 Å². The van der Waals surface area contributed by atoms with Crippen LogP contribution in [-0.4, -0.2) is 45.9 Å². The minimum absolute atomic E-state index is 0.272. The molecule has 32 heavy (non-hydrogen) atoms. The fraction of sp³-hybridized carbons (Fsp3) is 0.593. The van der Waals surface area contributed by atoms with Crippen LogP contribution >= 0.6 is 0 Å². The SMILES string of the molecule is CC(C)(C)[C@H]1CC[C@H](Oc2ccc3cc(CN4CCC(O)(C(=O)O)CC4)ccc3c2)CC1. The molecule has 4 rings (SSSR count). The molecule has 2 aromatic rings. The van der Waals surface area contributed by atoms with Crippen LogP contribution in [0.15, 0.2) is 36.4 Å². The molecule has 0 unspecified atom stereocenters. The van der Waals surface area contributed by atoms with Crippen molar-refractivity contribution in [3.63, 3.8) is 0 Å². The summed E-state index contributed by atoms with van der Waals surface area (Å²) >= 11 is 0. The molecule has 1 saturated heterocycles. The van der Waals surface area contributed by atoms with E-state index in [0.717, 1.165) is 31.1 Å². The lowest BCUT2D eigenvalue weighted by atomic mass is 9.72. The second kappa shape index (κ2) is 9.03. The monoisotopic (exact) mass is 439 g/mol. The van der Waals surface area contributed by atoms with E-state index in [0.29, 0.717) is 24.6 Å². The Bertz CT molecular complexity index is 948. The number of nitrogens with zero attached hydrogens (tertiary/aromatic N) is 1. The minimum Gasteiger partial charge on any atom is -0.490 e. The Balaban J connectivity index is 1.34. The van der Waals surface area contributed by atoms with Gasteiger partial charge in [0.2, 0.25) is 0 Å². The van der Waals surface area contributed by atoms with Gasteiger partial charge in [0.15, 0.2) is 5.60 Å². The fourth-order valence-electron chi connectivity index (χ4n) is 5.24. The van der Waals surface area contributed by atoms with E-state index < -0.39 is 11.6 Å². The number of aliphatic carboxylic acids is 1. The van der Waals surface area contributed by atoms with Crippen molar-refractivity contribution in [2.45, 2.75) is 77.5 Å². The number of hydrogen-bond donors (Lipinski definition) is 2. The lowest BCUT2D eigenvalue weighted by Gasteiger charge is -2.37. The zero-order valence-electron chi connectivity index (χ0n) is 19.6. The van der Waals surface area contributed by atoms with Crippen LogP contribution in [0.1, 0.15) is 64.9 Å². The molecule has 0 spiro atoms. The summed E-state index contributed by atoms with van der Waals surface area (Å²) < 4.78 is 6.34. The first-order valence-electron chi connectivity index (χ1n) is 12.0. The molecule has 0 bridgehead atoms. The average Bonchev–Trinajstić information content (AvgIpc) is 2.75. The summed E-state index contributed by atoms with van der Waals surface area (Å²) in [5.41, 5.74) is 0.0204. The van der Waals surface area contributed by atoms with Gasteiger partial charge in [0.25, 0.3) is 0 Å². The summed E-state index contributed by atoms with van der Waals surface area (Å²) in [6.45, 7) is 8.98.